The number of methoxy groups -OCH3 is 1. The number of rotatable bonds is 9. The van der Waals surface area contributed by atoms with Crippen molar-refractivity contribution in [1.82, 2.24) is 15.3 Å². The highest BCUT2D eigenvalue weighted by atomic mass is 16.5. The minimum atomic E-state index is -0.289. The van der Waals surface area contributed by atoms with Crippen LogP contribution in [0.25, 0.3) is 11.0 Å². The summed E-state index contributed by atoms with van der Waals surface area (Å²) in [5.74, 6) is 1.27. The number of aromatic nitrogens is 2. The Bertz CT molecular complexity index is 923. The van der Waals surface area contributed by atoms with E-state index < -0.39 is 0 Å². The van der Waals surface area contributed by atoms with Gasteiger partial charge in [0.15, 0.2) is 11.5 Å². The van der Waals surface area contributed by atoms with Crippen LogP contribution < -0.4 is 20.1 Å². The molecule has 2 aromatic heterocycles. The fourth-order valence-electron chi connectivity index (χ4n) is 2.92. The number of ether oxygens (including phenoxy) is 2. The molecule has 0 fully saturated rings. The lowest BCUT2D eigenvalue weighted by Gasteiger charge is -2.13. The van der Waals surface area contributed by atoms with Crippen LogP contribution in [0.2, 0.25) is 0 Å². The van der Waals surface area contributed by atoms with Crippen molar-refractivity contribution in [2.24, 2.45) is 0 Å². The lowest BCUT2D eigenvalue weighted by Crippen LogP contribution is -2.28. The summed E-state index contributed by atoms with van der Waals surface area (Å²) in [7, 11) is 1.60. The van der Waals surface area contributed by atoms with Gasteiger partial charge in [0.25, 0.3) is 0 Å². The number of nitrogens with zero attached hydrogens (tertiary/aromatic N) is 1. The van der Waals surface area contributed by atoms with Gasteiger partial charge in [0.2, 0.25) is 0 Å². The Morgan fingerprint density at radius 1 is 1.18 bits per heavy atom. The van der Waals surface area contributed by atoms with E-state index in [1.54, 1.807) is 31.5 Å². The van der Waals surface area contributed by atoms with E-state index >= 15 is 0 Å². The standard InChI is InChI=1S/C21H26N4O3/c1-3-4-5-12-28-19-13-16(6-7-18(19)27-2)25-21(26)24-14-15-8-10-22-20-17(15)9-11-23-20/h6-11,13H,3-5,12,14H2,1-2H3,(H,22,23)(H2,24,25,26). The number of pyridine rings is 1. The van der Waals surface area contributed by atoms with Gasteiger partial charge in [-0.1, -0.05) is 19.8 Å². The van der Waals surface area contributed by atoms with Gasteiger partial charge in [-0.05, 0) is 36.2 Å². The number of unbranched alkanes of at least 4 members (excludes halogenated alkanes) is 2. The Labute approximate surface area is 164 Å². The van der Waals surface area contributed by atoms with E-state index in [0.717, 1.165) is 35.9 Å². The highest BCUT2D eigenvalue weighted by molar-refractivity contribution is 5.90. The summed E-state index contributed by atoms with van der Waals surface area (Å²) >= 11 is 0. The molecule has 0 atom stereocenters. The third kappa shape index (κ3) is 4.94. The average molecular weight is 382 g/mol. The summed E-state index contributed by atoms with van der Waals surface area (Å²) < 4.78 is 11.2. The van der Waals surface area contributed by atoms with Crippen molar-refractivity contribution in [3.8, 4) is 11.5 Å². The second kappa shape index (κ2) is 9.64. The molecule has 0 saturated carbocycles. The van der Waals surface area contributed by atoms with Gasteiger partial charge >= 0.3 is 6.03 Å². The maximum absolute atomic E-state index is 12.3. The topological polar surface area (TPSA) is 88.3 Å². The van der Waals surface area contributed by atoms with Crippen molar-refractivity contribution in [3.63, 3.8) is 0 Å². The maximum Gasteiger partial charge on any atom is 0.319 e. The summed E-state index contributed by atoms with van der Waals surface area (Å²) in [6.07, 6.45) is 6.79. The predicted octanol–water partition coefficient (Wildman–Crippen LogP) is 4.46. The molecule has 7 heteroatoms. The molecule has 1 aromatic carbocycles. The number of fused-ring (bicyclic) bond motifs is 1. The fourth-order valence-corrected chi connectivity index (χ4v) is 2.92. The molecule has 3 rings (SSSR count). The molecule has 0 saturated heterocycles. The molecular weight excluding hydrogens is 356 g/mol. The zero-order valence-electron chi connectivity index (χ0n) is 16.2. The molecule has 0 unspecified atom stereocenters. The summed E-state index contributed by atoms with van der Waals surface area (Å²) in [5, 5.41) is 6.71. The molecule has 0 aliphatic heterocycles. The summed E-state index contributed by atoms with van der Waals surface area (Å²) in [6, 6.07) is 8.91. The molecule has 2 heterocycles. The molecule has 3 N–H and O–H groups in total. The van der Waals surface area contributed by atoms with Crippen molar-refractivity contribution in [1.29, 1.82) is 0 Å². The quantitative estimate of drug-likeness (QED) is 0.477. The number of hydrogen-bond donors (Lipinski definition) is 3. The van der Waals surface area contributed by atoms with E-state index in [9.17, 15) is 4.79 Å². The predicted molar refractivity (Wildman–Crippen MR) is 110 cm³/mol. The second-order valence-electron chi connectivity index (χ2n) is 6.44. The zero-order chi connectivity index (χ0) is 19.8. The molecule has 0 radical (unpaired) electrons. The Balaban J connectivity index is 1.59. The van der Waals surface area contributed by atoms with Gasteiger partial charge < -0.3 is 25.1 Å². The van der Waals surface area contributed by atoms with Crippen LogP contribution >= 0.6 is 0 Å². The van der Waals surface area contributed by atoms with Gasteiger partial charge in [-0.15, -0.1) is 0 Å². The molecule has 2 amide bonds. The Kier molecular flexibility index (Phi) is 6.73. The number of benzene rings is 1. The van der Waals surface area contributed by atoms with E-state index in [2.05, 4.69) is 27.5 Å². The SMILES string of the molecule is CCCCCOc1cc(NC(=O)NCc2ccnc3[nH]ccc23)ccc1OC. The number of aromatic amines is 1. The number of hydrogen-bond acceptors (Lipinski definition) is 4. The van der Waals surface area contributed by atoms with E-state index in [1.807, 2.05) is 18.3 Å². The Morgan fingerprint density at radius 2 is 2.07 bits per heavy atom. The lowest BCUT2D eigenvalue weighted by atomic mass is 10.2. The third-order valence-corrected chi connectivity index (χ3v) is 4.42. The van der Waals surface area contributed by atoms with E-state index in [-0.39, 0.29) is 6.03 Å². The van der Waals surface area contributed by atoms with E-state index in [0.29, 0.717) is 30.3 Å². The fraction of sp³-hybridized carbons (Fsp3) is 0.333. The second-order valence-corrected chi connectivity index (χ2v) is 6.44. The Hall–Kier alpha value is -3.22. The van der Waals surface area contributed by atoms with Gasteiger partial charge in [0.1, 0.15) is 5.65 Å². The molecule has 28 heavy (non-hydrogen) atoms. The number of carbonyl (C=O) groups excluding carboxylic acids is 1. The number of H-pyrrole nitrogens is 1. The van der Waals surface area contributed by atoms with Crippen molar-refractivity contribution in [3.05, 3.63) is 48.3 Å². The van der Waals surface area contributed by atoms with Crippen LogP contribution in [0.5, 0.6) is 11.5 Å². The molecular formula is C21H26N4O3. The van der Waals surface area contributed by atoms with Crippen LogP contribution in [0.3, 0.4) is 0 Å². The molecule has 148 valence electrons. The van der Waals surface area contributed by atoms with Crippen LogP contribution in [0.4, 0.5) is 10.5 Å². The summed E-state index contributed by atoms with van der Waals surface area (Å²) in [4.78, 5) is 19.6. The van der Waals surface area contributed by atoms with Crippen molar-refractivity contribution < 1.29 is 14.3 Å². The minimum Gasteiger partial charge on any atom is -0.493 e. The van der Waals surface area contributed by atoms with Crippen molar-refractivity contribution in [2.45, 2.75) is 32.7 Å². The van der Waals surface area contributed by atoms with Crippen LogP contribution in [-0.4, -0.2) is 29.7 Å². The van der Waals surface area contributed by atoms with Crippen LogP contribution in [0, 0.1) is 0 Å². The number of anilines is 1. The van der Waals surface area contributed by atoms with E-state index in [1.165, 1.54) is 0 Å². The van der Waals surface area contributed by atoms with E-state index in [4.69, 9.17) is 9.47 Å². The molecule has 0 spiro atoms. The average Bonchev–Trinajstić information content (AvgIpc) is 3.19. The molecule has 0 aliphatic carbocycles. The molecule has 7 nitrogen and oxygen atoms in total. The van der Waals surface area contributed by atoms with Gasteiger partial charge in [-0.2, -0.15) is 0 Å². The summed E-state index contributed by atoms with van der Waals surface area (Å²) in [6.45, 7) is 3.17. The zero-order valence-corrected chi connectivity index (χ0v) is 16.2. The maximum atomic E-state index is 12.3. The smallest absolute Gasteiger partial charge is 0.319 e. The highest BCUT2D eigenvalue weighted by Gasteiger charge is 2.09. The van der Waals surface area contributed by atoms with Gasteiger partial charge in [0, 0.05) is 36.1 Å². The van der Waals surface area contributed by atoms with Crippen molar-refractivity contribution in [2.75, 3.05) is 19.0 Å². The first-order chi connectivity index (χ1) is 13.7. The molecule has 0 bridgehead atoms. The molecule has 0 aliphatic rings. The van der Waals surface area contributed by atoms with Crippen LogP contribution in [-0.2, 0) is 6.54 Å². The highest BCUT2D eigenvalue weighted by Crippen LogP contribution is 2.30. The van der Waals surface area contributed by atoms with Gasteiger partial charge in [0.05, 0.1) is 13.7 Å². The Morgan fingerprint density at radius 3 is 2.89 bits per heavy atom. The first kappa shape index (κ1) is 19.5. The van der Waals surface area contributed by atoms with Crippen LogP contribution in [0.15, 0.2) is 42.7 Å². The van der Waals surface area contributed by atoms with Crippen molar-refractivity contribution >= 4 is 22.8 Å². The first-order valence-electron chi connectivity index (χ1n) is 9.48. The number of nitrogens with one attached hydrogen (secondary N) is 3. The normalized spacial score (nSPS) is 10.6. The minimum absolute atomic E-state index is 0.289. The summed E-state index contributed by atoms with van der Waals surface area (Å²) in [5.41, 5.74) is 2.45. The number of amides is 2. The van der Waals surface area contributed by atoms with Gasteiger partial charge in [-0.25, -0.2) is 9.78 Å². The largest absolute Gasteiger partial charge is 0.493 e. The lowest BCUT2D eigenvalue weighted by molar-refractivity contribution is 0.251. The first-order valence-corrected chi connectivity index (χ1v) is 9.48. The van der Waals surface area contributed by atoms with Crippen LogP contribution in [0.1, 0.15) is 31.7 Å². The number of urea groups is 1. The molecule has 3 aromatic rings. The third-order valence-electron chi connectivity index (χ3n) is 4.42. The monoisotopic (exact) mass is 382 g/mol. The van der Waals surface area contributed by atoms with Gasteiger partial charge in [-0.3, -0.25) is 0 Å². The number of carbonyl (C=O) groups is 1.